The summed E-state index contributed by atoms with van der Waals surface area (Å²) in [6.45, 7) is 5.77. The highest BCUT2D eigenvalue weighted by Crippen LogP contribution is 2.14. The molecule has 0 aliphatic heterocycles. The Morgan fingerprint density at radius 3 is 2.35 bits per heavy atom. The van der Waals surface area contributed by atoms with Gasteiger partial charge in [0.1, 0.15) is 0 Å². The van der Waals surface area contributed by atoms with Gasteiger partial charge in [0, 0.05) is 13.1 Å². The van der Waals surface area contributed by atoms with Gasteiger partial charge in [-0.2, -0.15) is 0 Å². The van der Waals surface area contributed by atoms with Crippen molar-refractivity contribution in [2.24, 2.45) is 5.73 Å². The molecule has 0 heterocycles. The van der Waals surface area contributed by atoms with Crippen molar-refractivity contribution in [2.75, 3.05) is 0 Å². The Kier molecular flexibility index (Phi) is 4.30. The van der Waals surface area contributed by atoms with Crippen LogP contribution in [0.4, 0.5) is 0 Å². The van der Waals surface area contributed by atoms with Gasteiger partial charge in [-0.05, 0) is 31.9 Å². The summed E-state index contributed by atoms with van der Waals surface area (Å²) in [5.41, 5.74) is 7.45. The predicted molar refractivity (Wildman–Crippen MR) is 69.8 cm³/mol. The van der Waals surface area contributed by atoms with Crippen molar-refractivity contribution in [1.29, 1.82) is 0 Å². The highest BCUT2D eigenvalue weighted by atomic mass is 32.2. The summed E-state index contributed by atoms with van der Waals surface area (Å²) in [5.74, 6) is 0. The summed E-state index contributed by atoms with van der Waals surface area (Å²) in [4.78, 5) is 0. The Morgan fingerprint density at radius 2 is 1.82 bits per heavy atom. The van der Waals surface area contributed by atoms with Gasteiger partial charge in [0.2, 0.25) is 10.0 Å². The molecule has 0 unspecified atom stereocenters. The van der Waals surface area contributed by atoms with Crippen LogP contribution in [0.3, 0.4) is 0 Å². The summed E-state index contributed by atoms with van der Waals surface area (Å²) < 4.78 is 25.5. The van der Waals surface area contributed by atoms with Crippen molar-refractivity contribution in [1.82, 2.24) is 4.72 Å². The standard InChI is InChI=1S/C12H20N2O2S/c1-12(2,3)17(15,16)14-9-11-6-4-5-10(7-11)8-13/h4-7,14H,8-9,13H2,1-3H3. The first-order valence-corrected chi connectivity index (χ1v) is 7.02. The van der Waals surface area contributed by atoms with Gasteiger partial charge in [-0.15, -0.1) is 0 Å². The minimum atomic E-state index is -3.30. The zero-order chi connectivity index (χ0) is 13.1. The molecule has 96 valence electrons. The lowest BCUT2D eigenvalue weighted by atomic mass is 10.1. The van der Waals surface area contributed by atoms with Crippen LogP contribution in [0.2, 0.25) is 0 Å². The number of sulfonamides is 1. The quantitative estimate of drug-likeness (QED) is 0.854. The molecule has 0 aliphatic rings. The average Bonchev–Trinajstić information content (AvgIpc) is 2.25. The van der Waals surface area contributed by atoms with E-state index in [1.54, 1.807) is 20.8 Å². The van der Waals surface area contributed by atoms with E-state index in [0.717, 1.165) is 11.1 Å². The lowest BCUT2D eigenvalue weighted by Gasteiger charge is -2.19. The molecule has 4 nitrogen and oxygen atoms in total. The lowest BCUT2D eigenvalue weighted by molar-refractivity contribution is 0.544. The summed E-state index contributed by atoms with van der Waals surface area (Å²) in [6.07, 6.45) is 0. The predicted octanol–water partition coefficient (Wildman–Crippen LogP) is 1.36. The molecular formula is C12H20N2O2S. The maximum Gasteiger partial charge on any atom is 0.216 e. The van der Waals surface area contributed by atoms with Gasteiger partial charge in [-0.25, -0.2) is 13.1 Å². The first kappa shape index (κ1) is 14.2. The molecule has 0 amide bonds. The molecule has 0 fully saturated rings. The molecule has 3 N–H and O–H groups in total. The van der Waals surface area contributed by atoms with Crippen LogP contribution >= 0.6 is 0 Å². The first-order valence-electron chi connectivity index (χ1n) is 5.53. The van der Waals surface area contributed by atoms with E-state index in [4.69, 9.17) is 5.73 Å². The molecule has 0 aromatic heterocycles. The summed E-state index contributed by atoms with van der Waals surface area (Å²) in [5, 5.41) is 0. The van der Waals surface area contributed by atoms with Gasteiger partial charge >= 0.3 is 0 Å². The van der Waals surface area contributed by atoms with E-state index in [1.807, 2.05) is 24.3 Å². The summed E-state index contributed by atoms with van der Waals surface area (Å²) in [6, 6.07) is 7.58. The average molecular weight is 256 g/mol. The van der Waals surface area contributed by atoms with Gasteiger partial charge in [0.15, 0.2) is 0 Å². The highest BCUT2D eigenvalue weighted by Gasteiger charge is 2.28. The van der Waals surface area contributed by atoms with Crippen LogP contribution < -0.4 is 10.5 Å². The van der Waals surface area contributed by atoms with Crippen molar-refractivity contribution in [2.45, 2.75) is 38.6 Å². The molecular weight excluding hydrogens is 236 g/mol. The molecule has 0 saturated carbocycles. The fourth-order valence-electron chi connectivity index (χ4n) is 1.26. The molecule has 0 spiro atoms. The molecule has 1 rings (SSSR count). The zero-order valence-corrected chi connectivity index (χ0v) is 11.3. The molecule has 0 aliphatic carbocycles. The topological polar surface area (TPSA) is 72.2 Å². The van der Waals surface area contributed by atoms with Crippen LogP contribution in [0.5, 0.6) is 0 Å². The number of hydrogen-bond acceptors (Lipinski definition) is 3. The second-order valence-corrected chi connectivity index (χ2v) is 7.48. The molecule has 1 aromatic rings. The molecule has 0 radical (unpaired) electrons. The third-order valence-electron chi connectivity index (χ3n) is 2.50. The van der Waals surface area contributed by atoms with Gasteiger partial charge in [-0.1, -0.05) is 24.3 Å². The maximum atomic E-state index is 11.8. The van der Waals surface area contributed by atoms with Crippen LogP contribution in [0.1, 0.15) is 31.9 Å². The van der Waals surface area contributed by atoms with Crippen LogP contribution in [0.25, 0.3) is 0 Å². The maximum absolute atomic E-state index is 11.8. The molecule has 0 saturated heterocycles. The number of nitrogens with one attached hydrogen (secondary N) is 1. The zero-order valence-electron chi connectivity index (χ0n) is 10.5. The summed E-state index contributed by atoms with van der Waals surface area (Å²) >= 11 is 0. The van der Waals surface area contributed by atoms with Crippen LogP contribution in [0, 0.1) is 0 Å². The molecule has 1 aromatic carbocycles. The highest BCUT2D eigenvalue weighted by molar-refractivity contribution is 7.90. The second kappa shape index (κ2) is 5.16. The van der Waals surface area contributed by atoms with Gasteiger partial charge in [0.25, 0.3) is 0 Å². The van der Waals surface area contributed by atoms with E-state index in [2.05, 4.69) is 4.72 Å². The Hall–Kier alpha value is -0.910. The van der Waals surface area contributed by atoms with Gasteiger partial charge in [-0.3, -0.25) is 0 Å². The Balaban J connectivity index is 2.74. The fraction of sp³-hybridized carbons (Fsp3) is 0.500. The van der Waals surface area contributed by atoms with E-state index in [9.17, 15) is 8.42 Å². The molecule has 5 heteroatoms. The minimum absolute atomic E-state index is 0.299. The van der Waals surface area contributed by atoms with E-state index in [0.29, 0.717) is 13.1 Å². The molecule has 0 atom stereocenters. The number of rotatable bonds is 4. The van der Waals surface area contributed by atoms with Crippen molar-refractivity contribution in [3.63, 3.8) is 0 Å². The minimum Gasteiger partial charge on any atom is -0.326 e. The van der Waals surface area contributed by atoms with Crippen LogP contribution in [-0.2, 0) is 23.1 Å². The fourth-order valence-corrected chi connectivity index (χ4v) is 2.05. The largest absolute Gasteiger partial charge is 0.326 e. The number of benzene rings is 1. The number of hydrogen-bond donors (Lipinski definition) is 2. The van der Waals surface area contributed by atoms with Crippen LogP contribution in [-0.4, -0.2) is 13.2 Å². The van der Waals surface area contributed by atoms with Crippen LogP contribution in [0.15, 0.2) is 24.3 Å². The van der Waals surface area contributed by atoms with Crippen molar-refractivity contribution in [3.05, 3.63) is 35.4 Å². The van der Waals surface area contributed by atoms with E-state index in [1.165, 1.54) is 0 Å². The van der Waals surface area contributed by atoms with Gasteiger partial charge in [0.05, 0.1) is 4.75 Å². The van der Waals surface area contributed by atoms with Gasteiger partial charge < -0.3 is 5.73 Å². The number of nitrogens with two attached hydrogens (primary N) is 1. The lowest BCUT2D eigenvalue weighted by Crippen LogP contribution is -2.38. The SMILES string of the molecule is CC(C)(C)S(=O)(=O)NCc1cccc(CN)c1. The summed E-state index contributed by atoms with van der Waals surface area (Å²) in [7, 11) is -3.30. The Morgan fingerprint density at radius 1 is 1.24 bits per heavy atom. The third-order valence-corrected chi connectivity index (χ3v) is 4.64. The van der Waals surface area contributed by atoms with E-state index < -0.39 is 14.8 Å². The monoisotopic (exact) mass is 256 g/mol. The Bertz CT molecular complexity index is 476. The smallest absolute Gasteiger partial charge is 0.216 e. The normalized spacial score (nSPS) is 12.7. The van der Waals surface area contributed by atoms with E-state index >= 15 is 0 Å². The van der Waals surface area contributed by atoms with E-state index in [-0.39, 0.29) is 0 Å². The second-order valence-electron chi connectivity index (χ2n) is 4.96. The van der Waals surface area contributed by atoms with Crippen molar-refractivity contribution >= 4 is 10.0 Å². The van der Waals surface area contributed by atoms with Crippen molar-refractivity contribution in [3.8, 4) is 0 Å². The first-order chi connectivity index (χ1) is 7.76. The van der Waals surface area contributed by atoms with Crippen molar-refractivity contribution < 1.29 is 8.42 Å². The molecule has 0 bridgehead atoms. The molecule has 17 heavy (non-hydrogen) atoms. The Labute approximate surface area is 103 Å². The third kappa shape index (κ3) is 3.80.